The van der Waals surface area contributed by atoms with Crippen molar-refractivity contribution >= 4 is 38.8 Å². The lowest BCUT2D eigenvalue weighted by atomic mass is 10.2. The molecular weight excluding hydrogens is 343 g/mol. The van der Waals surface area contributed by atoms with Crippen molar-refractivity contribution in [3.8, 4) is 0 Å². The maximum absolute atomic E-state index is 13.9. The summed E-state index contributed by atoms with van der Waals surface area (Å²) in [5.74, 6) is -0.899. The third kappa shape index (κ3) is 4.61. The van der Waals surface area contributed by atoms with Crippen LogP contribution in [0.15, 0.2) is 23.1 Å². The molecule has 0 radical (unpaired) electrons. The molecule has 6 nitrogen and oxygen atoms in total. The van der Waals surface area contributed by atoms with Gasteiger partial charge in [-0.25, -0.2) is 17.6 Å². The molecule has 1 amide bonds. The van der Waals surface area contributed by atoms with Gasteiger partial charge in [0.05, 0.1) is 23.8 Å². The number of sulfone groups is 1. The predicted molar refractivity (Wildman–Crippen MR) is 90.1 cm³/mol. The summed E-state index contributed by atoms with van der Waals surface area (Å²) in [5, 5.41) is 2.89. The molecule has 0 spiro atoms. The van der Waals surface area contributed by atoms with Gasteiger partial charge in [0.2, 0.25) is 0 Å². The lowest BCUT2D eigenvalue weighted by Crippen LogP contribution is -2.32. The molecule has 0 saturated carbocycles. The molecule has 1 aromatic rings. The van der Waals surface area contributed by atoms with Gasteiger partial charge in [0, 0.05) is 6.26 Å². The van der Waals surface area contributed by atoms with Gasteiger partial charge in [-0.15, -0.1) is 0 Å². The average molecular weight is 362 g/mol. The van der Waals surface area contributed by atoms with Gasteiger partial charge in [0.25, 0.3) is 0 Å². The summed E-state index contributed by atoms with van der Waals surface area (Å²) < 4.78 is 41.8. The minimum Gasteiger partial charge on any atom is -0.442 e. The minimum atomic E-state index is -3.65. The van der Waals surface area contributed by atoms with Crippen LogP contribution in [-0.4, -0.2) is 44.9 Å². The van der Waals surface area contributed by atoms with Gasteiger partial charge in [-0.3, -0.25) is 4.90 Å². The number of halogens is 1. The van der Waals surface area contributed by atoms with E-state index in [9.17, 15) is 17.6 Å². The van der Waals surface area contributed by atoms with E-state index in [1.54, 1.807) is 6.92 Å². The second-order valence-corrected chi connectivity index (χ2v) is 7.54. The van der Waals surface area contributed by atoms with Crippen LogP contribution in [0.2, 0.25) is 0 Å². The van der Waals surface area contributed by atoms with Crippen molar-refractivity contribution < 1.29 is 22.3 Å². The van der Waals surface area contributed by atoms with E-state index in [4.69, 9.17) is 17.0 Å². The highest BCUT2D eigenvalue weighted by molar-refractivity contribution is 7.90. The summed E-state index contributed by atoms with van der Waals surface area (Å²) in [6, 6.07) is 3.53. The van der Waals surface area contributed by atoms with E-state index >= 15 is 0 Å². The zero-order chi connectivity index (χ0) is 16.5. The van der Waals surface area contributed by atoms with Crippen molar-refractivity contribution in [1.82, 2.24) is 5.32 Å². The number of amides is 1. The van der Waals surface area contributed by atoms with Gasteiger partial charge in [-0.1, -0.05) is 19.6 Å². The molecule has 1 aliphatic heterocycles. The Morgan fingerprint density at radius 2 is 2.17 bits per heavy atom. The Bertz CT molecular complexity index is 721. The van der Waals surface area contributed by atoms with Gasteiger partial charge in [0.1, 0.15) is 16.8 Å². The first-order chi connectivity index (χ1) is 10.2. The number of thiocarbonyl (C=S) groups is 1. The third-order valence-corrected chi connectivity index (χ3v) is 4.35. The van der Waals surface area contributed by atoms with Crippen molar-refractivity contribution in [3.63, 3.8) is 0 Å². The van der Waals surface area contributed by atoms with E-state index in [-0.39, 0.29) is 19.7 Å². The number of rotatable bonds is 4. The van der Waals surface area contributed by atoms with Crippen LogP contribution in [0.5, 0.6) is 0 Å². The molecule has 0 bridgehead atoms. The zero-order valence-electron chi connectivity index (χ0n) is 12.0. The number of carbonyl (C=O) groups is 1. The molecule has 1 fully saturated rings. The van der Waals surface area contributed by atoms with Crippen LogP contribution in [0.3, 0.4) is 0 Å². The van der Waals surface area contributed by atoms with E-state index in [2.05, 4.69) is 5.32 Å². The molecule has 0 aromatic heterocycles. The number of cyclic esters (lactones) is 1. The van der Waals surface area contributed by atoms with Crippen molar-refractivity contribution in [2.75, 3.05) is 24.2 Å². The number of nitrogens with zero attached hydrogens (tertiary/aromatic N) is 1. The van der Waals surface area contributed by atoms with Crippen molar-refractivity contribution in [2.24, 2.45) is 0 Å². The van der Waals surface area contributed by atoms with Crippen molar-refractivity contribution in [3.05, 3.63) is 24.0 Å². The van der Waals surface area contributed by atoms with Crippen LogP contribution in [0.25, 0.3) is 0 Å². The number of anilines is 1. The molecule has 2 rings (SSSR count). The largest absolute Gasteiger partial charge is 0.442 e. The van der Waals surface area contributed by atoms with Crippen molar-refractivity contribution in [2.45, 2.75) is 25.3 Å². The maximum atomic E-state index is 13.9. The molecule has 0 aliphatic carbocycles. The fraction of sp³-hybridized carbons (Fsp3) is 0.429. The standard InChI is InChI=1S/C13H15FN2O4S2.CH4/c1-8(21)15-6-10-7-16(13(17)20-10)9-3-4-12(11(14)5-9)22(2,18)19;/h3-5,10H,6-7H2,1-2H3,(H,15,21);1H4/t10-;/m0./s1. The molecule has 1 aromatic carbocycles. The van der Waals surface area contributed by atoms with Crippen LogP contribution in [-0.2, 0) is 14.6 Å². The van der Waals surface area contributed by atoms with Crippen LogP contribution < -0.4 is 10.2 Å². The highest BCUT2D eigenvalue weighted by Crippen LogP contribution is 2.25. The van der Waals surface area contributed by atoms with Crippen LogP contribution >= 0.6 is 12.2 Å². The maximum Gasteiger partial charge on any atom is 0.414 e. The number of nitrogens with one attached hydrogen (secondary N) is 1. The summed E-state index contributed by atoms with van der Waals surface area (Å²) in [6.45, 7) is 2.30. The fourth-order valence-corrected chi connectivity index (χ4v) is 2.87. The Labute approximate surface area is 140 Å². The number of hydrogen-bond acceptors (Lipinski definition) is 5. The molecule has 0 unspecified atom stereocenters. The first-order valence-corrected chi connectivity index (χ1v) is 8.70. The number of ether oxygens (including phenoxy) is 1. The molecule has 9 heteroatoms. The normalized spacial score (nSPS) is 17.4. The van der Waals surface area contributed by atoms with Gasteiger partial charge >= 0.3 is 6.09 Å². The predicted octanol–water partition coefficient (Wildman–Crippen LogP) is 2.13. The Morgan fingerprint density at radius 3 is 2.70 bits per heavy atom. The van der Waals surface area contributed by atoms with E-state index in [0.29, 0.717) is 11.5 Å². The Kier molecular flexibility index (Phi) is 6.06. The molecule has 1 N–H and O–H groups in total. The van der Waals surface area contributed by atoms with Crippen LogP contribution in [0.4, 0.5) is 14.9 Å². The number of benzene rings is 1. The summed E-state index contributed by atoms with van der Waals surface area (Å²) in [7, 11) is -3.65. The Balaban J connectivity index is 0.00000264. The Morgan fingerprint density at radius 1 is 1.52 bits per heavy atom. The monoisotopic (exact) mass is 362 g/mol. The smallest absolute Gasteiger partial charge is 0.414 e. The molecule has 23 heavy (non-hydrogen) atoms. The van der Waals surface area contributed by atoms with E-state index in [0.717, 1.165) is 18.4 Å². The first-order valence-electron chi connectivity index (χ1n) is 6.40. The number of hydrogen-bond donors (Lipinski definition) is 1. The summed E-state index contributed by atoms with van der Waals surface area (Å²) in [4.78, 5) is 13.3. The Hall–Kier alpha value is -1.74. The lowest BCUT2D eigenvalue weighted by molar-refractivity contribution is 0.143. The summed E-state index contributed by atoms with van der Waals surface area (Å²) in [5.41, 5.74) is 0.247. The second kappa shape index (κ2) is 7.22. The van der Waals surface area contributed by atoms with Crippen molar-refractivity contribution in [1.29, 1.82) is 0 Å². The van der Waals surface area contributed by atoms with Gasteiger partial charge in [0.15, 0.2) is 9.84 Å². The van der Waals surface area contributed by atoms with E-state index in [1.165, 1.54) is 11.0 Å². The molecular formula is C14H19FN2O4S2. The molecule has 128 valence electrons. The lowest BCUT2D eigenvalue weighted by Gasteiger charge is -2.14. The van der Waals surface area contributed by atoms with E-state index in [1.807, 2.05) is 0 Å². The third-order valence-electron chi connectivity index (χ3n) is 3.08. The molecule has 1 saturated heterocycles. The quantitative estimate of drug-likeness (QED) is 0.827. The molecule has 1 heterocycles. The zero-order valence-corrected chi connectivity index (χ0v) is 13.6. The highest BCUT2D eigenvalue weighted by atomic mass is 32.2. The molecule has 1 atom stereocenters. The fourth-order valence-electron chi connectivity index (χ4n) is 2.05. The van der Waals surface area contributed by atoms with Gasteiger partial charge in [-0.2, -0.15) is 0 Å². The first kappa shape index (κ1) is 19.3. The second-order valence-electron chi connectivity index (χ2n) is 4.94. The van der Waals surface area contributed by atoms with Gasteiger partial charge in [-0.05, 0) is 25.1 Å². The minimum absolute atomic E-state index is 0. The summed E-state index contributed by atoms with van der Waals surface area (Å²) in [6.07, 6.45) is -0.103. The number of carbonyl (C=O) groups excluding carboxylic acids is 1. The molecule has 1 aliphatic rings. The SMILES string of the molecule is C.CC(=S)NC[C@H]1CN(c2ccc(S(C)(=O)=O)c(F)c2)C(=O)O1. The highest BCUT2D eigenvalue weighted by Gasteiger charge is 2.32. The van der Waals surface area contributed by atoms with Gasteiger partial charge < -0.3 is 10.1 Å². The van der Waals surface area contributed by atoms with E-state index < -0.39 is 32.7 Å². The van der Waals surface area contributed by atoms with Crippen LogP contribution in [0.1, 0.15) is 14.4 Å². The topological polar surface area (TPSA) is 75.7 Å². The summed E-state index contributed by atoms with van der Waals surface area (Å²) >= 11 is 4.88. The average Bonchev–Trinajstić information content (AvgIpc) is 2.76. The van der Waals surface area contributed by atoms with Crippen LogP contribution in [0, 0.1) is 5.82 Å².